The van der Waals surface area contributed by atoms with E-state index in [1.165, 1.54) is 12.1 Å². The number of carbonyl (C=O) groups is 2. The molecule has 0 heterocycles. The van der Waals surface area contributed by atoms with E-state index in [1.54, 1.807) is 24.9 Å². The van der Waals surface area contributed by atoms with Crippen LogP contribution in [0.3, 0.4) is 0 Å². The second-order valence-corrected chi connectivity index (χ2v) is 7.58. The van der Waals surface area contributed by atoms with Gasteiger partial charge >= 0.3 is 6.18 Å². The lowest BCUT2D eigenvalue weighted by atomic mass is 10.2. The molecule has 2 aromatic rings. The van der Waals surface area contributed by atoms with Gasteiger partial charge in [0.2, 0.25) is 11.8 Å². The van der Waals surface area contributed by atoms with Crippen molar-refractivity contribution >= 4 is 39.1 Å². The summed E-state index contributed by atoms with van der Waals surface area (Å²) in [4.78, 5) is 26.2. The largest absolute Gasteiger partial charge is 0.416 e. The fourth-order valence-corrected chi connectivity index (χ4v) is 2.99. The number of rotatable bonds is 6. The van der Waals surface area contributed by atoms with E-state index in [4.69, 9.17) is 0 Å². The summed E-state index contributed by atoms with van der Waals surface area (Å²) >= 11 is 3.36. The fraction of sp³-hybridized carbons (Fsp3) is 0.300. The minimum atomic E-state index is -4.43. The van der Waals surface area contributed by atoms with Gasteiger partial charge in [-0.2, -0.15) is 13.2 Å². The van der Waals surface area contributed by atoms with Crippen LogP contribution in [0.15, 0.2) is 46.9 Å². The van der Waals surface area contributed by atoms with Crippen molar-refractivity contribution in [2.24, 2.45) is 0 Å². The first-order valence-electron chi connectivity index (χ1n) is 8.71. The van der Waals surface area contributed by atoms with Crippen LogP contribution in [0.5, 0.6) is 0 Å². The first-order chi connectivity index (χ1) is 13.5. The molecule has 0 aliphatic rings. The van der Waals surface area contributed by atoms with Gasteiger partial charge in [0.05, 0.1) is 18.2 Å². The maximum absolute atomic E-state index is 12.6. The molecule has 0 aliphatic carbocycles. The summed E-state index contributed by atoms with van der Waals surface area (Å²) in [6, 6.07) is 8.97. The first kappa shape index (κ1) is 22.9. The number of likely N-dealkylation sites (N-methyl/N-ethyl adjacent to an activating group) is 1. The third kappa shape index (κ3) is 6.57. The van der Waals surface area contributed by atoms with Gasteiger partial charge in [0.1, 0.15) is 0 Å². The van der Waals surface area contributed by atoms with Crippen LogP contribution < -0.4 is 10.6 Å². The molecule has 0 aromatic heterocycles. The molecule has 0 bridgehead atoms. The van der Waals surface area contributed by atoms with Crippen molar-refractivity contribution in [1.29, 1.82) is 0 Å². The van der Waals surface area contributed by atoms with E-state index in [-0.39, 0.29) is 18.1 Å². The van der Waals surface area contributed by atoms with Crippen molar-refractivity contribution in [2.45, 2.75) is 26.1 Å². The summed E-state index contributed by atoms with van der Waals surface area (Å²) in [6.45, 7) is 3.44. The monoisotopic (exact) mass is 471 g/mol. The molecule has 0 saturated carbocycles. The molecule has 2 amide bonds. The van der Waals surface area contributed by atoms with Crippen molar-refractivity contribution in [3.05, 3.63) is 58.1 Å². The van der Waals surface area contributed by atoms with Crippen molar-refractivity contribution in [3.63, 3.8) is 0 Å². The number of hydrogen-bond acceptors (Lipinski definition) is 3. The number of anilines is 2. The SMILES string of the molecule is Cc1cc(Br)ccc1NC(=O)CN(C)C(C)C(=O)Nc1ccc(C(F)(F)F)cc1. The number of halogens is 4. The molecule has 9 heteroatoms. The van der Waals surface area contributed by atoms with Gasteiger partial charge in [0, 0.05) is 15.8 Å². The van der Waals surface area contributed by atoms with E-state index < -0.39 is 23.7 Å². The predicted octanol–water partition coefficient (Wildman–Crippen LogP) is 4.67. The quantitative estimate of drug-likeness (QED) is 0.643. The van der Waals surface area contributed by atoms with Gasteiger partial charge in [-0.1, -0.05) is 15.9 Å². The van der Waals surface area contributed by atoms with Gasteiger partial charge in [-0.3, -0.25) is 14.5 Å². The second kappa shape index (κ2) is 9.41. The first-order valence-corrected chi connectivity index (χ1v) is 9.51. The van der Waals surface area contributed by atoms with Crippen molar-refractivity contribution < 1.29 is 22.8 Å². The number of alkyl halides is 3. The maximum Gasteiger partial charge on any atom is 0.416 e. The van der Waals surface area contributed by atoms with Crippen molar-refractivity contribution in [2.75, 3.05) is 24.2 Å². The number of aryl methyl sites for hydroxylation is 1. The van der Waals surface area contributed by atoms with Crippen molar-refractivity contribution in [1.82, 2.24) is 4.90 Å². The predicted molar refractivity (Wildman–Crippen MR) is 110 cm³/mol. The molecule has 0 aliphatic heterocycles. The highest BCUT2D eigenvalue weighted by Crippen LogP contribution is 2.29. The Hall–Kier alpha value is -2.39. The molecule has 0 fully saturated rings. The zero-order chi connectivity index (χ0) is 21.8. The summed E-state index contributed by atoms with van der Waals surface area (Å²) in [6.07, 6.45) is -4.43. The highest BCUT2D eigenvalue weighted by molar-refractivity contribution is 9.10. The maximum atomic E-state index is 12.6. The van der Waals surface area contributed by atoms with Crippen LogP contribution in [0.4, 0.5) is 24.5 Å². The fourth-order valence-electron chi connectivity index (χ4n) is 2.51. The number of amides is 2. The zero-order valence-electron chi connectivity index (χ0n) is 16.1. The molecule has 2 aromatic carbocycles. The molecule has 29 heavy (non-hydrogen) atoms. The third-order valence-corrected chi connectivity index (χ3v) is 4.87. The van der Waals surface area contributed by atoms with Crippen molar-refractivity contribution in [3.8, 4) is 0 Å². The molecule has 1 unspecified atom stereocenters. The molecule has 1 atom stereocenters. The summed E-state index contributed by atoms with van der Waals surface area (Å²) in [5, 5.41) is 5.35. The number of benzene rings is 2. The number of nitrogens with zero attached hydrogens (tertiary/aromatic N) is 1. The Kier molecular flexibility index (Phi) is 7.43. The Morgan fingerprint density at radius 3 is 2.28 bits per heavy atom. The van der Waals surface area contributed by atoms with E-state index in [2.05, 4.69) is 26.6 Å². The highest BCUT2D eigenvalue weighted by Gasteiger charge is 2.30. The van der Waals surface area contributed by atoms with Gasteiger partial charge < -0.3 is 10.6 Å². The minimum Gasteiger partial charge on any atom is -0.325 e. The Labute approximate surface area is 175 Å². The van der Waals surface area contributed by atoms with E-state index in [1.807, 2.05) is 19.1 Å². The third-order valence-electron chi connectivity index (χ3n) is 4.38. The number of hydrogen-bond donors (Lipinski definition) is 2. The number of carbonyl (C=O) groups excluding carboxylic acids is 2. The van der Waals surface area contributed by atoms with Crippen LogP contribution in [0, 0.1) is 6.92 Å². The van der Waals surface area contributed by atoms with E-state index in [0.29, 0.717) is 5.69 Å². The molecule has 0 spiro atoms. The molecule has 0 radical (unpaired) electrons. The van der Waals surface area contributed by atoms with E-state index in [0.717, 1.165) is 22.2 Å². The normalized spacial score (nSPS) is 12.6. The summed E-state index contributed by atoms with van der Waals surface area (Å²) in [5.74, 6) is -0.716. The number of nitrogens with one attached hydrogen (secondary N) is 2. The average Bonchev–Trinajstić information content (AvgIpc) is 2.63. The lowest BCUT2D eigenvalue weighted by molar-refractivity contribution is -0.137. The smallest absolute Gasteiger partial charge is 0.325 e. The van der Waals surface area contributed by atoms with Gasteiger partial charge in [-0.15, -0.1) is 0 Å². The Morgan fingerprint density at radius 1 is 1.10 bits per heavy atom. The molecule has 0 saturated heterocycles. The highest BCUT2D eigenvalue weighted by atomic mass is 79.9. The van der Waals surface area contributed by atoms with Crippen LogP contribution in [-0.2, 0) is 15.8 Å². The lowest BCUT2D eigenvalue weighted by Gasteiger charge is -2.23. The minimum absolute atomic E-state index is 0.0307. The van der Waals surface area contributed by atoms with Gasteiger partial charge in [-0.05, 0) is 68.9 Å². The molecular formula is C20H21BrF3N3O2. The van der Waals surface area contributed by atoms with E-state index >= 15 is 0 Å². The standard InChI is InChI=1S/C20H21BrF3N3O2/c1-12-10-15(21)6-9-17(12)26-18(28)11-27(3)13(2)19(29)25-16-7-4-14(5-8-16)20(22,23)24/h4-10,13H,11H2,1-3H3,(H,25,29)(H,26,28). The molecule has 5 nitrogen and oxygen atoms in total. The molecule has 2 rings (SSSR count). The Bertz CT molecular complexity index is 886. The second-order valence-electron chi connectivity index (χ2n) is 6.66. The Morgan fingerprint density at radius 2 is 1.72 bits per heavy atom. The van der Waals surface area contributed by atoms with Crippen LogP contribution in [-0.4, -0.2) is 36.3 Å². The van der Waals surface area contributed by atoms with Crippen LogP contribution >= 0.6 is 15.9 Å². The van der Waals surface area contributed by atoms with Gasteiger partial charge in [-0.25, -0.2) is 0 Å². The lowest BCUT2D eigenvalue weighted by Crippen LogP contribution is -2.43. The Balaban J connectivity index is 1.92. The summed E-state index contributed by atoms with van der Waals surface area (Å²) in [5.41, 5.74) is 1.02. The summed E-state index contributed by atoms with van der Waals surface area (Å²) in [7, 11) is 1.62. The molecule has 156 valence electrons. The topological polar surface area (TPSA) is 61.4 Å². The zero-order valence-corrected chi connectivity index (χ0v) is 17.7. The van der Waals surface area contributed by atoms with Crippen LogP contribution in [0.1, 0.15) is 18.1 Å². The molecular weight excluding hydrogens is 451 g/mol. The van der Waals surface area contributed by atoms with Gasteiger partial charge in [0.15, 0.2) is 0 Å². The average molecular weight is 472 g/mol. The van der Waals surface area contributed by atoms with E-state index in [9.17, 15) is 22.8 Å². The molecule has 2 N–H and O–H groups in total. The van der Waals surface area contributed by atoms with Crippen LogP contribution in [0.2, 0.25) is 0 Å². The van der Waals surface area contributed by atoms with Gasteiger partial charge in [0.25, 0.3) is 0 Å². The van der Waals surface area contributed by atoms with Crippen LogP contribution in [0.25, 0.3) is 0 Å². The summed E-state index contributed by atoms with van der Waals surface area (Å²) < 4.78 is 38.7.